The molecule has 0 aromatic heterocycles. The summed E-state index contributed by atoms with van der Waals surface area (Å²) in [5.41, 5.74) is 8.44. The molecular weight excluding hydrogens is 875 g/mol. The Hall–Kier alpha value is -6.34. The molecule has 4 aromatic carbocycles. The number of carbonyl (C=O) groups is 6. The molecule has 4 N–H and O–H groups in total. The molecule has 4 aromatic rings. The molecule has 0 bridgehead atoms. The minimum Gasteiger partial charge on any atom is -0.461 e. The number of alkyl carbamates (subject to hydrolysis) is 2. The van der Waals surface area contributed by atoms with Crippen LogP contribution in [0, 0.1) is 17.8 Å². The number of nitrogens with one attached hydrogen (secondary N) is 2. The molecule has 0 saturated heterocycles. The molecular formula is C56H77N3O10. The molecule has 0 fully saturated rings. The molecule has 0 saturated carbocycles. The molecule has 2 amide bonds. The van der Waals surface area contributed by atoms with Gasteiger partial charge in [0.25, 0.3) is 0 Å². The maximum atomic E-state index is 13.3. The number of benzene rings is 4. The summed E-state index contributed by atoms with van der Waals surface area (Å²) in [6, 6.07) is 36.4. The first kappa shape index (κ1) is 58.8. The molecule has 0 aliphatic rings. The van der Waals surface area contributed by atoms with E-state index in [9.17, 15) is 28.8 Å². The maximum absolute atomic E-state index is 13.3. The number of Topliss-reactive ketones (excluding diaryl/α,β-unsaturated/α-hetero) is 2. The van der Waals surface area contributed by atoms with E-state index in [2.05, 4.69) is 10.6 Å². The third-order valence-corrected chi connectivity index (χ3v) is 9.83. The predicted molar refractivity (Wildman–Crippen MR) is 270 cm³/mol. The zero-order valence-corrected chi connectivity index (χ0v) is 42.6. The summed E-state index contributed by atoms with van der Waals surface area (Å²) in [7, 11) is 0. The van der Waals surface area contributed by atoms with Crippen LogP contribution < -0.4 is 16.4 Å². The number of carbonyl (C=O) groups excluding carboxylic acids is 6. The number of amides is 2. The van der Waals surface area contributed by atoms with E-state index >= 15 is 0 Å². The van der Waals surface area contributed by atoms with Crippen LogP contribution in [0.1, 0.15) is 118 Å². The summed E-state index contributed by atoms with van der Waals surface area (Å²) in [6.07, 6.45) is 0.751. The highest BCUT2D eigenvalue weighted by Crippen LogP contribution is 2.20. The number of esters is 2. The van der Waals surface area contributed by atoms with E-state index in [1.807, 2.05) is 149 Å². The Morgan fingerprint density at radius 3 is 1.23 bits per heavy atom. The highest BCUT2D eigenvalue weighted by atomic mass is 16.6. The quantitative estimate of drug-likeness (QED) is 0.0565. The summed E-state index contributed by atoms with van der Waals surface area (Å²) < 4.78 is 21.2. The van der Waals surface area contributed by atoms with Crippen molar-refractivity contribution in [1.29, 1.82) is 0 Å². The number of nitrogens with two attached hydrogens (primary N) is 1. The van der Waals surface area contributed by atoms with Gasteiger partial charge in [-0.2, -0.15) is 0 Å². The Bertz CT molecular complexity index is 2130. The van der Waals surface area contributed by atoms with Crippen LogP contribution in [0.3, 0.4) is 0 Å². The zero-order chi connectivity index (χ0) is 51.6. The SMILES string of the molecule is CC(=O)[C@H](CC(C)C)NC(=O)OC(C)(C)C.CC(C)C[C@H](NC(=O)OC(C)(C)C)C(=O)C[C@@H](Cc1ccccc1)C(=O)OCc1ccccc1.N[C@@H](Cc1ccccc1)C(=O)OCc1ccccc1. The van der Waals surface area contributed by atoms with Gasteiger partial charge in [0.1, 0.15) is 30.5 Å². The normalized spacial score (nSPS) is 12.8. The highest BCUT2D eigenvalue weighted by molar-refractivity contribution is 5.90. The second-order valence-corrected chi connectivity index (χ2v) is 19.8. The van der Waals surface area contributed by atoms with E-state index < -0.39 is 53.4 Å². The van der Waals surface area contributed by atoms with Crippen molar-refractivity contribution >= 4 is 35.7 Å². The number of ketones is 2. The summed E-state index contributed by atoms with van der Waals surface area (Å²) in [4.78, 5) is 73.2. The first-order chi connectivity index (χ1) is 32.4. The smallest absolute Gasteiger partial charge is 0.408 e. The minimum atomic E-state index is -0.741. The number of hydrogen-bond donors (Lipinski definition) is 3. The van der Waals surface area contributed by atoms with E-state index in [1.54, 1.807) is 41.5 Å². The Morgan fingerprint density at radius 2 is 0.855 bits per heavy atom. The van der Waals surface area contributed by atoms with Crippen LogP contribution in [-0.4, -0.2) is 65.0 Å². The van der Waals surface area contributed by atoms with E-state index in [1.165, 1.54) is 6.92 Å². The van der Waals surface area contributed by atoms with E-state index in [0.29, 0.717) is 31.6 Å². The van der Waals surface area contributed by atoms with Crippen molar-refractivity contribution in [2.45, 2.75) is 151 Å². The molecule has 4 rings (SSSR count). The van der Waals surface area contributed by atoms with Gasteiger partial charge in [0.05, 0.1) is 18.0 Å². The van der Waals surface area contributed by atoms with Gasteiger partial charge in [-0.25, -0.2) is 9.59 Å². The summed E-state index contributed by atoms with van der Waals surface area (Å²) in [5.74, 6) is -1.19. The zero-order valence-electron chi connectivity index (χ0n) is 42.6. The van der Waals surface area contributed by atoms with Crippen LogP contribution in [0.4, 0.5) is 9.59 Å². The lowest BCUT2D eigenvalue weighted by atomic mass is 9.90. The monoisotopic (exact) mass is 952 g/mol. The Balaban J connectivity index is 0.000000393. The second-order valence-electron chi connectivity index (χ2n) is 19.8. The van der Waals surface area contributed by atoms with Crippen LogP contribution in [-0.2, 0) is 64.2 Å². The summed E-state index contributed by atoms with van der Waals surface area (Å²) in [5, 5.41) is 5.30. The molecule has 0 radical (unpaired) electrons. The average molecular weight is 952 g/mol. The van der Waals surface area contributed by atoms with Gasteiger partial charge in [-0.3, -0.25) is 19.2 Å². The van der Waals surface area contributed by atoms with Gasteiger partial charge in [0, 0.05) is 6.42 Å². The van der Waals surface area contributed by atoms with Crippen molar-refractivity contribution in [2.75, 3.05) is 0 Å². The van der Waals surface area contributed by atoms with Crippen LogP contribution in [0.25, 0.3) is 0 Å². The molecule has 13 nitrogen and oxygen atoms in total. The van der Waals surface area contributed by atoms with Crippen molar-refractivity contribution in [3.05, 3.63) is 144 Å². The van der Waals surface area contributed by atoms with Crippen molar-refractivity contribution in [3.63, 3.8) is 0 Å². The lowest BCUT2D eigenvalue weighted by molar-refractivity contribution is -0.151. The van der Waals surface area contributed by atoms with Gasteiger partial charge in [0.2, 0.25) is 0 Å². The lowest BCUT2D eigenvalue weighted by Gasteiger charge is -2.25. The molecule has 0 spiro atoms. The first-order valence-corrected chi connectivity index (χ1v) is 23.7. The number of rotatable bonds is 20. The van der Waals surface area contributed by atoms with Gasteiger partial charge in [0.15, 0.2) is 11.6 Å². The Labute approximate surface area is 410 Å². The molecule has 0 unspecified atom stereocenters. The fourth-order valence-corrected chi connectivity index (χ4v) is 6.60. The molecule has 0 heterocycles. The van der Waals surface area contributed by atoms with Crippen molar-refractivity contribution in [3.8, 4) is 0 Å². The third kappa shape index (κ3) is 27.3. The van der Waals surface area contributed by atoms with E-state index in [0.717, 1.165) is 22.3 Å². The predicted octanol–water partition coefficient (Wildman–Crippen LogP) is 10.3. The van der Waals surface area contributed by atoms with Crippen molar-refractivity contribution < 1.29 is 47.7 Å². The molecule has 13 heteroatoms. The fourth-order valence-electron chi connectivity index (χ4n) is 6.60. The van der Waals surface area contributed by atoms with Gasteiger partial charge in [-0.1, -0.05) is 149 Å². The summed E-state index contributed by atoms with van der Waals surface area (Å²) >= 11 is 0. The number of ether oxygens (including phenoxy) is 4. The van der Waals surface area contributed by atoms with Crippen molar-refractivity contribution in [1.82, 2.24) is 10.6 Å². The van der Waals surface area contributed by atoms with Gasteiger partial charge in [-0.15, -0.1) is 0 Å². The minimum absolute atomic E-state index is 0.0320. The Kier molecular flexibility index (Phi) is 25.7. The highest BCUT2D eigenvalue weighted by Gasteiger charge is 2.31. The molecule has 4 atom stereocenters. The maximum Gasteiger partial charge on any atom is 0.408 e. The standard InChI is InChI=1S/C28H37NO5.C16H17NO2.C12H23NO3/c1-20(2)16-24(29-27(32)34-28(3,4)5)25(30)18-23(17-21-12-8-6-9-13-21)26(31)33-19-22-14-10-7-11-15-22;17-15(11-13-7-3-1-4-8-13)16(18)19-12-14-9-5-2-6-10-14;1-8(2)7-10(9(3)14)13-11(15)16-12(4,5)6/h6-15,20,23-24H,16-19H2,1-5H3,(H,29,32);1-10,15H,11-12,17H2;8,10H,7H2,1-6H3,(H,13,15)/t23-,24+;15-;10-/m100/s1. The first-order valence-electron chi connectivity index (χ1n) is 23.7. The molecule has 376 valence electrons. The largest absolute Gasteiger partial charge is 0.461 e. The molecule has 69 heavy (non-hydrogen) atoms. The topological polar surface area (TPSA) is 189 Å². The Morgan fingerprint density at radius 1 is 0.507 bits per heavy atom. The fraction of sp³-hybridized carbons (Fsp3) is 0.464. The van der Waals surface area contributed by atoms with Gasteiger partial charge in [-0.05, 0) is 108 Å². The second kappa shape index (κ2) is 30.2. The van der Waals surface area contributed by atoms with Crippen LogP contribution >= 0.6 is 0 Å². The lowest BCUT2D eigenvalue weighted by Crippen LogP contribution is -2.45. The summed E-state index contributed by atoms with van der Waals surface area (Å²) in [6.45, 7) is 20.5. The third-order valence-electron chi connectivity index (χ3n) is 9.83. The van der Waals surface area contributed by atoms with Crippen LogP contribution in [0.2, 0.25) is 0 Å². The van der Waals surface area contributed by atoms with Crippen LogP contribution in [0.15, 0.2) is 121 Å². The number of hydrogen-bond acceptors (Lipinski definition) is 11. The van der Waals surface area contributed by atoms with Crippen LogP contribution in [0.5, 0.6) is 0 Å². The van der Waals surface area contributed by atoms with Crippen molar-refractivity contribution in [2.24, 2.45) is 23.5 Å². The molecule has 0 aliphatic carbocycles. The van der Waals surface area contributed by atoms with Gasteiger partial charge >= 0.3 is 24.1 Å². The average Bonchev–Trinajstić information content (AvgIpc) is 3.27. The molecule has 0 aliphatic heterocycles. The van der Waals surface area contributed by atoms with E-state index in [-0.39, 0.29) is 43.1 Å². The van der Waals surface area contributed by atoms with E-state index in [4.69, 9.17) is 24.7 Å². The van der Waals surface area contributed by atoms with Gasteiger partial charge < -0.3 is 35.3 Å².